The number of carbonyl (C=O) groups is 2. The van der Waals surface area contributed by atoms with Gasteiger partial charge in [-0.25, -0.2) is 4.79 Å². The van der Waals surface area contributed by atoms with Gasteiger partial charge in [-0.1, -0.05) is 13.3 Å². The number of nitrogens with zero attached hydrogens (tertiary/aromatic N) is 2. The normalized spacial score (nSPS) is 30.3. The summed E-state index contributed by atoms with van der Waals surface area (Å²) in [7, 11) is 0. The van der Waals surface area contributed by atoms with Gasteiger partial charge in [0.1, 0.15) is 0 Å². The van der Waals surface area contributed by atoms with Crippen LogP contribution in [-0.2, 0) is 9.53 Å². The molecule has 0 saturated carbocycles. The summed E-state index contributed by atoms with van der Waals surface area (Å²) in [5.41, 5.74) is -0.763. The van der Waals surface area contributed by atoms with Crippen molar-refractivity contribution in [2.24, 2.45) is 5.41 Å². The van der Waals surface area contributed by atoms with E-state index in [1.54, 1.807) is 9.80 Å². The molecule has 2 aliphatic rings. The predicted molar refractivity (Wildman–Crippen MR) is 78.2 cm³/mol. The molecule has 0 radical (unpaired) electrons. The standard InChI is InChI=1S/C15H26N2O4/c1-3-5-15(13(18)19)6-4-7-17(11-15)14(20)16-8-9-21-12(2)10-16/h12H,3-11H2,1-2H3,(H,18,19). The minimum atomic E-state index is -0.766. The minimum Gasteiger partial charge on any atom is -0.481 e. The van der Waals surface area contributed by atoms with Crippen LogP contribution < -0.4 is 0 Å². The average molecular weight is 298 g/mol. The number of piperidine rings is 1. The van der Waals surface area contributed by atoms with Gasteiger partial charge in [0.15, 0.2) is 0 Å². The quantitative estimate of drug-likeness (QED) is 0.862. The van der Waals surface area contributed by atoms with E-state index in [1.807, 2.05) is 13.8 Å². The van der Waals surface area contributed by atoms with E-state index in [9.17, 15) is 14.7 Å². The summed E-state index contributed by atoms with van der Waals surface area (Å²) >= 11 is 0. The molecule has 0 bridgehead atoms. The second-order valence-electron chi connectivity index (χ2n) is 6.27. The molecule has 2 atom stereocenters. The van der Waals surface area contributed by atoms with Crippen molar-refractivity contribution in [2.45, 2.75) is 45.6 Å². The first-order valence-electron chi connectivity index (χ1n) is 7.87. The van der Waals surface area contributed by atoms with Gasteiger partial charge in [0, 0.05) is 26.2 Å². The van der Waals surface area contributed by atoms with Crippen LogP contribution in [0, 0.1) is 5.41 Å². The van der Waals surface area contributed by atoms with Crippen LogP contribution in [0.25, 0.3) is 0 Å². The van der Waals surface area contributed by atoms with E-state index in [4.69, 9.17) is 4.74 Å². The third kappa shape index (κ3) is 3.48. The molecule has 2 unspecified atom stereocenters. The van der Waals surface area contributed by atoms with Crippen molar-refractivity contribution in [1.82, 2.24) is 9.80 Å². The van der Waals surface area contributed by atoms with E-state index in [-0.39, 0.29) is 12.1 Å². The molecule has 21 heavy (non-hydrogen) atoms. The molecule has 0 aromatic rings. The summed E-state index contributed by atoms with van der Waals surface area (Å²) in [6.45, 7) is 6.67. The van der Waals surface area contributed by atoms with Crippen molar-refractivity contribution in [3.63, 3.8) is 0 Å². The molecule has 2 heterocycles. The Morgan fingerprint density at radius 3 is 2.71 bits per heavy atom. The van der Waals surface area contributed by atoms with Crippen LogP contribution >= 0.6 is 0 Å². The molecule has 2 rings (SSSR count). The molecule has 6 heteroatoms. The van der Waals surface area contributed by atoms with Gasteiger partial charge in [-0.15, -0.1) is 0 Å². The molecule has 6 nitrogen and oxygen atoms in total. The number of hydrogen-bond donors (Lipinski definition) is 1. The largest absolute Gasteiger partial charge is 0.481 e. The number of morpholine rings is 1. The van der Waals surface area contributed by atoms with Gasteiger partial charge in [-0.2, -0.15) is 0 Å². The maximum Gasteiger partial charge on any atom is 0.320 e. The summed E-state index contributed by atoms with van der Waals surface area (Å²) in [6.07, 6.45) is 2.93. The fourth-order valence-electron chi connectivity index (χ4n) is 3.45. The van der Waals surface area contributed by atoms with E-state index < -0.39 is 11.4 Å². The molecular formula is C15H26N2O4. The van der Waals surface area contributed by atoms with Crippen molar-refractivity contribution < 1.29 is 19.4 Å². The first-order chi connectivity index (χ1) is 9.98. The van der Waals surface area contributed by atoms with E-state index in [0.717, 1.165) is 12.8 Å². The topological polar surface area (TPSA) is 70.1 Å². The first kappa shape index (κ1) is 16.1. The third-order valence-electron chi connectivity index (χ3n) is 4.54. The van der Waals surface area contributed by atoms with Crippen molar-refractivity contribution in [3.05, 3.63) is 0 Å². The molecule has 2 aliphatic heterocycles. The van der Waals surface area contributed by atoms with E-state index in [0.29, 0.717) is 45.6 Å². The lowest BCUT2D eigenvalue weighted by atomic mass is 9.76. The second kappa shape index (κ2) is 6.64. The van der Waals surface area contributed by atoms with Crippen LogP contribution in [-0.4, -0.2) is 65.8 Å². The van der Waals surface area contributed by atoms with Crippen LogP contribution in [0.15, 0.2) is 0 Å². The van der Waals surface area contributed by atoms with Gasteiger partial charge >= 0.3 is 12.0 Å². The zero-order chi connectivity index (χ0) is 15.5. The fourth-order valence-corrected chi connectivity index (χ4v) is 3.45. The second-order valence-corrected chi connectivity index (χ2v) is 6.27. The minimum absolute atomic E-state index is 0.0356. The molecule has 2 amide bonds. The molecule has 0 aromatic carbocycles. The van der Waals surface area contributed by atoms with E-state index >= 15 is 0 Å². The number of hydrogen-bond acceptors (Lipinski definition) is 3. The smallest absolute Gasteiger partial charge is 0.320 e. The van der Waals surface area contributed by atoms with Crippen molar-refractivity contribution in [3.8, 4) is 0 Å². The number of carbonyl (C=O) groups excluding carboxylic acids is 1. The van der Waals surface area contributed by atoms with Gasteiger partial charge in [-0.3, -0.25) is 4.79 Å². The molecule has 0 spiro atoms. The lowest BCUT2D eigenvalue weighted by Crippen LogP contribution is -2.56. The number of ether oxygens (including phenoxy) is 1. The Morgan fingerprint density at radius 1 is 1.33 bits per heavy atom. The van der Waals surface area contributed by atoms with Crippen LogP contribution in [0.2, 0.25) is 0 Å². The zero-order valence-corrected chi connectivity index (χ0v) is 13.0. The molecular weight excluding hydrogens is 272 g/mol. The van der Waals surface area contributed by atoms with Crippen molar-refractivity contribution >= 4 is 12.0 Å². The Balaban J connectivity index is 2.05. The third-order valence-corrected chi connectivity index (χ3v) is 4.54. The van der Waals surface area contributed by atoms with Crippen molar-refractivity contribution in [2.75, 3.05) is 32.8 Å². The molecule has 2 fully saturated rings. The number of rotatable bonds is 3. The zero-order valence-electron chi connectivity index (χ0n) is 13.0. The van der Waals surface area contributed by atoms with Crippen LogP contribution in [0.3, 0.4) is 0 Å². The summed E-state index contributed by atoms with van der Waals surface area (Å²) in [5.74, 6) is -0.766. The molecule has 2 saturated heterocycles. The number of likely N-dealkylation sites (tertiary alicyclic amines) is 1. The number of carboxylic acid groups (broad SMARTS) is 1. The number of urea groups is 1. The Kier molecular flexibility index (Phi) is 5.08. The van der Waals surface area contributed by atoms with Crippen LogP contribution in [0.1, 0.15) is 39.5 Å². The molecule has 0 aliphatic carbocycles. The highest BCUT2D eigenvalue weighted by Gasteiger charge is 2.43. The Labute approximate surface area is 126 Å². The number of aliphatic carboxylic acids is 1. The van der Waals surface area contributed by atoms with Crippen molar-refractivity contribution in [1.29, 1.82) is 0 Å². The highest BCUT2D eigenvalue weighted by atomic mass is 16.5. The maximum atomic E-state index is 12.6. The predicted octanol–water partition coefficient (Wildman–Crippen LogP) is 1.79. The lowest BCUT2D eigenvalue weighted by Gasteiger charge is -2.43. The van der Waals surface area contributed by atoms with Gasteiger partial charge in [-0.05, 0) is 26.2 Å². The fraction of sp³-hybridized carbons (Fsp3) is 0.867. The van der Waals surface area contributed by atoms with Gasteiger partial charge in [0.25, 0.3) is 0 Å². The number of amides is 2. The van der Waals surface area contributed by atoms with Gasteiger partial charge in [0.05, 0.1) is 18.1 Å². The average Bonchev–Trinajstić information content (AvgIpc) is 2.47. The highest BCUT2D eigenvalue weighted by molar-refractivity contribution is 5.79. The lowest BCUT2D eigenvalue weighted by molar-refractivity contribution is -0.152. The Bertz CT molecular complexity index is 397. The Morgan fingerprint density at radius 2 is 2.10 bits per heavy atom. The van der Waals surface area contributed by atoms with Crippen LogP contribution in [0.4, 0.5) is 4.79 Å². The van der Waals surface area contributed by atoms with E-state index in [2.05, 4.69) is 0 Å². The molecule has 120 valence electrons. The summed E-state index contributed by atoms with van der Waals surface area (Å²) in [4.78, 5) is 27.8. The Hall–Kier alpha value is -1.30. The first-order valence-corrected chi connectivity index (χ1v) is 7.87. The summed E-state index contributed by atoms with van der Waals surface area (Å²) in [5, 5.41) is 9.60. The monoisotopic (exact) mass is 298 g/mol. The van der Waals surface area contributed by atoms with Gasteiger partial charge in [0.2, 0.25) is 0 Å². The van der Waals surface area contributed by atoms with Gasteiger partial charge < -0.3 is 19.6 Å². The maximum absolute atomic E-state index is 12.6. The van der Waals surface area contributed by atoms with E-state index in [1.165, 1.54) is 0 Å². The summed E-state index contributed by atoms with van der Waals surface area (Å²) < 4.78 is 5.46. The number of carboxylic acids is 1. The van der Waals surface area contributed by atoms with Crippen LogP contribution in [0.5, 0.6) is 0 Å². The molecule has 0 aromatic heterocycles. The summed E-state index contributed by atoms with van der Waals surface area (Å²) in [6, 6.07) is -0.0356. The SMILES string of the molecule is CCCC1(C(=O)O)CCCN(C(=O)N2CCOC(C)C2)C1. The molecule has 1 N–H and O–H groups in total. The highest BCUT2D eigenvalue weighted by Crippen LogP contribution is 2.35.